The molecule has 2 aromatic heterocycles. The number of carbonyl (C=O) groups excluding carboxylic acids is 2. The number of carbonyl (C=O) groups is 2. The molecule has 1 amide bonds. The third-order valence-electron chi connectivity index (χ3n) is 7.35. The van der Waals surface area contributed by atoms with Crippen molar-refractivity contribution < 1.29 is 38.0 Å². The van der Waals surface area contributed by atoms with Gasteiger partial charge in [-0.1, -0.05) is 23.7 Å². The van der Waals surface area contributed by atoms with E-state index in [0.29, 0.717) is 96.4 Å². The van der Waals surface area contributed by atoms with Gasteiger partial charge in [-0.25, -0.2) is 0 Å². The number of hydrogen-bond donors (Lipinski definition) is 1. The zero-order valence-corrected chi connectivity index (χ0v) is 29.3. The van der Waals surface area contributed by atoms with Crippen molar-refractivity contribution in [2.24, 2.45) is 4.99 Å². The molecule has 48 heavy (non-hydrogen) atoms. The number of fused-ring (bicyclic) bond motifs is 3. The van der Waals surface area contributed by atoms with Crippen molar-refractivity contribution in [3.05, 3.63) is 62.5 Å². The molecule has 3 aromatic rings. The molecule has 0 radical (unpaired) electrons. The summed E-state index contributed by atoms with van der Waals surface area (Å²) < 4.78 is 34.4. The Kier molecular flexibility index (Phi) is 16.1. The molecule has 1 N–H and O–H groups in total. The molecular formula is C33H44ClN5O8S. The van der Waals surface area contributed by atoms with Gasteiger partial charge >= 0.3 is 0 Å². The van der Waals surface area contributed by atoms with Crippen LogP contribution in [0.3, 0.4) is 0 Å². The highest BCUT2D eigenvalue weighted by atomic mass is 35.5. The molecule has 1 aliphatic rings. The van der Waals surface area contributed by atoms with Crippen LogP contribution in [0.2, 0.25) is 5.02 Å². The van der Waals surface area contributed by atoms with E-state index in [-0.39, 0.29) is 18.9 Å². The van der Waals surface area contributed by atoms with E-state index in [9.17, 15) is 9.59 Å². The van der Waals surface area contributed by atoms with Gasteiger partial charge in [-0.15, -0.1) is 21.5 Å². The van der Waals surface area contributed by atoms with Gasteiger partial charge in [-0.3, -0.25) is 14.4 Å². The molecular weight excluding hydrogens is 662 g/mol. The molecule has 4 rings (SSSR count). The van der Waals surface area contributed by atoms with Crippen LogP contribution in [0.4, 0.5) is 0 Å². The first-order valence-corrected chi connectivity index (χ1v) is 17.1. The average molecular weight is 706 g/mol. The zero-order chi connectivity index (χ0) is 34.1. The molecule has 262 valence electrons. The van der Waals surface area contributed by atoms with Crippen molar-refractivity contribution in [3.8, 4) is 5.00 Å². The van der Waals surface area contributed by atoms with E-state index in [4.69, 9.17) is 45.0 Å². The number of amides is 1. The molecule has 0 bridgehead atoms. The van der Waals surface area contributed by atoms with Gasteiger partial charge in [-0.05, 0) is 38.5 Å². The number of ether oxygens (including phenoxy) is 6. The number of aliphatic imine (C=N–C) groups is 1. The first-order valence-electron chi connectivity index (χ1n) is 15.9. The molecule has 13 nitrogen and oxygen atoms in total. The lowest BCUT2D eigenvalue weighted by Crippen LogP contribution is -2.29. The fourth-order valence-corrected chi connectivity index (χ4v) is 6.21. The molecule has 0 unspecified atom stereocenters. The van der Waals surface area contributed by atoms with Gasteiger partial charge in [0.15, 0.2) is 5.82 Å². The number of aldehydes is 1. The number of rotatable bonds is 23. The lowest BCUT2D eigenvalue weighted by molar-refractivity contribution is -0.121. The summed E-state index contributed by atoms with van der Waals surface area (Å²) in [6, 6.07) is 7.08. The first kappa shape index (κ1) is 37.7. The fraction of sp³-hybridized carbons (Fsp3) is 0.545. The second-order valence-electron chi connectivity index (χ2n) is 10.8. The molecule has 0 saturated heterocycles. The van der Waals surface area contributed by atoms with Gasteiger partial charge in [0.25, 0.3) is 0 Å². The Morgan fingerprint density at radius 3 is 2.00 bits per heavy atom. The van der Waals surface area contributed by atoms with Gasteiger partial charge in [0.2, 0.25) is 5.91 Å². The Bertz CT molecular complexity index is 1480. The number of halogens is 1. The quantitative estimate of drug-likeness (QED) is 0.115. The summed E-state index contributed by atoms with van der Waals surface area (Å²) in [6.07, 6.45) is 0.821. The second kappa shape index (κ2) is 20.4. The monoisotopic (exact) mass is 705 g/mol. The molecule has 1 aliphatic heterocycles. The number of benzene rings is 1. The maximum Gasteiger partial charge on any atom is 0.222 e. The van der Waals surface area contributed by atoms with E-state index >= 15 is 0 Å². The Labute approximate surface area is 289 Å². The van der Waals surface area contributed by atoms with Crippen molar-refractivity contribution in [3.63, 3.8) is 0 Å². The summed E-state index contributed by atoms with van der Waals surface area (Å²) in [7, 11) is 0. The molecule has 0 aliphatic carbocycles. The Hall–Kier alpha value is -3.08. The minimum atomic E-state index is -0.528. The molecule has 1 atom stereocenters. The summed E-state index contributed by atoms with van der Waals surface area (Å²) in [5, 5.41) is 13.4. The van der Waals surface area contributed by atoms with Crippen LogP contribution in [-0.4, -0.2) is 118 Å². The van der Waals surface area contributed by atoms with Crippen LogP contribution in [0, 0.1) is 20.8 Å². The smallest absolute Gasteiger partial charge is 0.222 e. The lowest BCUT2D eigenvalue weighted by atomic mass is 9.99. The highest BCUT2D eigenvalue weighted by Crippen LogP contribution is 2.39. The number of nitrogens with one attached hydrogen (secondary N) is 1. The summed E-state index contributed by atoms with van der Waals surface area (Å²) in [5.41, 5.74) is 3.90. The van der Waals surface area contributed by atoms with Gasteiger partial charge in [0, 0.05) is 27.6 Å². The Morgan fingerprint density at radius 1 is 0.854 bits per heavy atom. The van der Waals surface area contributed by atoms with E-state index < -0.39 is 6.04 Å². The van der Waals surface area contributed by atoms with Crippen LogP contribution in [0.15, 0.2) is 29.3 Å². The van der Waals surface area contributed by atoms with Crippen LogP contribution in [0.25, 0.3) is 5.00 Å². The SMILES string of the molecule is Cc1sc2c(c1C)C(c1ccc(Cl)cc1)=N[C@@H](CC(=O)NCCOCCOCCOCCOCCOCCOCC=O)c1nnc(C)n1-2. The lowest BCUT2D eigenvalue weighted by Gasteiger charge is -2.13. The van der Waals surface area contributed by atoms with E-state index in [1.165, 1.54) is 4.88 Å². The summed E-state index contributed by atoms with van der Waals surface area (Å²) in [6.45, 7) is 11.3. The fourth-order valence-electron chi connectivity index (χ4n) is 4.87. The first-order chi connectivity index (χ1) is 23.4. The minimum absolute atomic E-state index is 0.0869. The van der Waals surface area contributed by atoms with Gasteiger partial charge in [0.1, 0.15) is 29.8 Å². The summed E-state index contributed by atoms with van der Waals surface area (Å²) >= 11 is 7.87. The number of aryl methyl sites for hydroxylation is 2. The third-order valence-corrected chi connectivity index (χ3v) is 8.79. The molecule has 0 spiro atoms. The molecule has 3 heterocycles. The van der Waals surface area contributed by atoms with E-state index in [2.05, 4.69) is 29.4 Å². The van der Waals surface area contributed by atoms with Crippen molar-refractivity contribution >= 4 is 40.8 Å². The van der Waals surface area contributed by atoms with Crippen LogP contribution < -0.4 is 5.32 Å². The predicted molar refractivity (Wildman–Crippen MR) is 182 cm³/mol. The number of nitrogens with zero attached hydrogens (tertiary/aromatic N) is 4. The highest BCUT2D eigenvalue weighted by molar-refractivity contribution is 7.15. The summed E-state index contributed by atoms with van der Waals surface area (Å²) in [4.78, 5) is 29.5. The maximum atomic E-state index is 13.1. The molecule has 1 aromatic carbocycles. The van der Waals surface area contributed by atoms with Gasteiger partial charge in [0.05, 0.1) is 84.8 Å². The molecule has 15 heteroatoms. The van der Waals surface area contributed by atoms with Crippen LogP contribution in [0.1, 0.15) is 45.7 Å². The van der Waals surface area contributed by atoms with Gasteiger partial charge < -0.3 is 38.5 Å². The highest BCUT2D eigenvalue weighted by Gasteiger charge is 2.32. The molecule has 0 fully saturated rings. The Morgan fingerprint density at radius 2 is 1.42 bits per heavy atom. The van der Waals surface area contributed by atoms with E-state index in [0.717, 1.165) is 33.2 Å². The normalized spacial score (nSPS) is 13.9. The Balaban J connectivity index is 1.13. The van der Waals surface area contributed by atoms with Gasteiger partial charge in [-0.2, -0.15) is 0 Å². The van der Waals surface area contributed by atoms with Crippen LogP contribution in [0.5, 0.6) is 0 Å². The average Bonchev–Trinajstić information content (AvgIpc) is 3.55. The largest absolute Gasteiger partial charge is 0.377 e. The standard InChI is InChI=1S/C33H44ClN5O8S/c1-23-24(2)48-33-30(23)31(26-4-6-27(34)7-5-26)36-28(32-38-37-25(3)39(32)33)22-29(41)35-8-10-42-12-14-44-16-18-46-20-21-47-19-17-45-15-13-43-11-9-40/h4-7,9,28H,8,10-22H2,1-3H3,(H,35,41)/t28-/m0/s1. The van der Waals surface area contributed by atoms with Crippen molar-refractivity contribution in [2.45, 2.75) is 33.2 Å². The van der Waals surface area contributed by atoms with E-state index in [1.54, 1.807) is 11.3 Å². The topological polar surface area (TPSA) is 145 Å². The van der Waals surface area contributed by atoms with E-state index in [1.807, 2.05) is 35.8 Å². The van der Waals surface area contributed by atoms with Crippen LogP contribution >= 0.6 is 22.9 Å². The minimum Gasteiger partial charge on any atom is -0.377 e. The second-order valence-corrected chi connectivity index (χ2v) is 12.4. The number of hydrogen-bond acceptors (Lipinski definition) is 12. The molecule has 0 saturated carbocycles. The predicted octanol–water partition coefficient (Wildman–Crippen LogP) is 3.60. The van der Waals surface area contributed by atoms with Crippen molar-refractivity contribution in [1.82, 2.24) is 20.1 Å². The number of thiophene rings is 1. The van der Waals surface area contributed by atoms with Crippen LogP contribution in [-0.2, 0) is 38.0 Å². The van der Waals surface area contributed by atoms with Crippen molar-refractivity contribution in [2.75, 3.05) is 85.8 Å². The zero-order valence-electron chi connectivity index (χ0n) is 27.7. The third kappa shape index (κ3) is 11.2. The number of aromatic nitrogens is 3. The summed E-state index contributed by atoms with van der Waals surface area (Å²) in [5.74, 6) is 1.23. The maximum absolute atomic E-state index is 13.1. The van der Waals surface area contributed by atoms with Crippen molar-refractivity contribution in [1.29, 1.82) is 0 Å².